The maximum absolute atomic E-state index is 6.10. The predicted molar refractivity (Wildman–Crippen MR) is 114 cm³/mol. The number of fused-ring (bicyclic) bond motifs is 1. The summed E-state index contributed by atoms with van der Waals surface area (Å²) in [7, 11) is 1.66. The van der Waals surface area contributed by atoms with Crippen LogP contribution in [0.15, 0.2) is 66.9 Å². The lowest BCUT2D eigenvalue weighted by Gasteiger charge is -2.39. The number of hydrogen-bond donors (Lipinski definition) is 1. The highest BCUT2D eigenvalue weighted by molar-refractivity contribution is 7.80. The van der Waals surface area contributed by atoms with Gasteiger partial charge < -0.3 is 19.5 Å². The molecule has 0 fully saturated rings. The Morgan fingerprint density at radius 3 is 2.70 bits per heavy atom. The summed E-state index contributed by atoms with van der Waals surface area (Å²) in [6, 6.07) is 20.0. The van der Waals surface area contributed by atoms with Gasteiger partial charge in [-0.2, -0.15) is 0 Å². The van der Waals surface area contributed by atoms with Crippen LogP contribution in [0.25, 0.3) is 0 Å². The zero-order valence-corrected chi connectivity index (χ0v) is 16.5. The molecule has 1 aliphatic heterocycles. The molecule has 138 valence electrons. The number of nitrogens with one attached hydrogen (secondary N) is 1. The van der Waals surface area contributed by atoms with Crippen molar-refractivity contribution >= 4 is 34.6 Å². The lowest BCUT2D eigenvalue weighted by Crippen LogP contribution is -2.44. The molecule has 0 saturated carbocycles. The van der Waals surface area contributed by atoms with Crippen molar-refractivity contribution in [1.82, 2.24) is 9.47 Å². The highest BCUT2D eigenvalue weighted by Gasteiger charge is 2.30. The lowest BCUT2D eigenvalue weighted by atomic mass is 10.0. The minimum atomic E-state index is 0.0385. The summed E-state index contributed by atoms with van der Waals surface area (Å²) in [5.41, 5.74) is 3.29. The fourth-order valence-corrected chi connectivity index (χ4v) is 3.93. The van der Waals surface area contributed by atoms with Crippen LogP contribution in [0.1, 0.15) is 17.3 Å². The molecule has 27 heavy (non-hydrogen) atoms. The van der Waals surface area contributed by atoms with Crippen molar-refractivity contribution in [3.63, 3.8) is 0 Å². The van der Waals surface area contributed by atoms with Crippen molar-refractivity contribution in [3.8, 4) is 5.75 Å². The van der Waals surface area contributed by atoms with Gasteiger partial charge in [0.25, 0.3) is 0 Å². The molecule has 1 atom stereocenters. The first-order valence-corrected chi connectivity index (χ1v) is 9.56. The highest BCUT2D eigenvalue weighted by atomic mass is 35.5. The fourth-order valence-electron chi connectivity index (χ4n) is 3.49. The molecule has 0 unspecified atom stereocenters. The van der Waals surface area contributed by atoms with Gasteiger partial charge in [-0.05, 0) is 54.2 Å². The number of hydrogen-bond acceptors (Lipinski definition) is 2. The third-order valence-corrected chi connectivity index (χ3v) is 5.39. The monoisotopic (exact) mass is 397 g/mol. The van der Waals surface area contributed by atoms with E-state index >= 15 is 0 Å². The van der Waals surface area contributed by atoms with E-state index in [-0.39, 0.29) is 6.04 Å². The Labute approximate surface area is 169 Å². The molecular weight excluding hydrogens is 378 g/mol. The van der Waals surface area contributed by atoms with E-state index in [1.165, 1.54) is 5.69 Å². The largest absolute Gasteiger partial charge is 0.497 e. The number of ether oxygens (including phenoxy) is 1. The molecular formula is C21H20ClN3OS. The number of rotatable bonds is 3. The summed E-state index contributed by atoms with van der Waals surface area (Å²) >= 11 is 11.9. The number of halogens is 1. The number of benzene rings is 2. The molecule has 0 spiro atoms. The Morgan fingerprint density at radius 2 is 1.93 bits per heavy atom. The Bertz CT molecular complexity index is 954. The Morgan fingerprint density at radius 1 is 1.11 bits per heavy atom. The van der Waals surface area contributed by atoms with E-state index in [0.29, 0.717) is 5.11 Å². The van der Waals surface area contributed by atoms with Crippen LogP contribution in [0.4, 0.5) is 5.69 Å². The Hall–Kier alpha value is -2.50. The maximum atomic E-state index is 6.10. The van der Waals surface area contributed by atoms with Crippen LogP contribution in [0.2, 0.25) is 5.02 Å². The molecule has 0 aliphatic carbocycles. The molecule has 4 rings (SSSR count). The van der Waals surface area contributed by atoms with Gasteiger partial charge in [0, 0.05) is 41.8 Å². The molecule has 1 aromatic heterocycles. The molecule has 0 radical (unpaired) electrons. The summed E-state index contributed by atoms with van der Waals surface area (Å²) in [4.78, 5) is 2.23. The smallest absolute Gasteiger partial charge is 0.174 e. The summed E-state index contributed by atoms with van der Waals surface area (Å²) < 4.78 is 7.59. The lowest BCUT2D eigenvalue weighted by molar-refractivity contribution is 0.293. The van der Waals surface area contributed by atoms with Crippen molar-refractivity contribution in [2.75, 3.05) is 19.0 Å². The number of anilines is 1. The number of thiocarbonyl (C=S) groups is 1. The molecule has 4 nitrogen and oxygen atoms in total. The van der Waals surface area contributed by atoms with E-state index < -0.39 is 0 Å². The normalized spacial score (nSPS) is 15.9. The van der Waals surface area contributed by atoms with Gasteiger partial charge >= 0.3 is 0 Å². The minimum absolute atomic E-state index is 0.0385. The van der Waals surface area contributed by atoms with Crippen LogP contribution in [-0.4, -0.2) is 28.2 Å². The molecule has 1 N–H and O–H groups in total. The van der Waals surface area contributed by atoms with Gasteiger partial charge in [-0.25, -0.2) is 0 Å². The standard InChI is InChI=1S/C21H20ClN3OS/c1-26-18-5-2-4-17(14-18)23-21(27)25-13-12-24-11-3-6-19(24)20(25)15-7-9-16(22)10-8-15/h2-11,14,20H,12-13H2,1H3,(H,23,27)/t20-/m0/s1. The van der Waals surface area contributed by atoms with Gasteiger partial charge in [-0.15, -0.1) is 0 Å². The van der Waals surface area contributed by atoms with E-state index in [1.54, 1.807) is 7.11 Å². The van der Waals surface area contributed by atoms with Crippen LogP contribution in [0, 0.1) is 0 Å². The first-order chi connectivity index (χ1) is 13.2. The molecule has 2 aromatic carbocycles. The van der Waals surface area contributed by atoms with Crippen molar-refractivity contribution in [2.24, 2.45) is 0 Å². The average molecular weight is 398 g/mol. The number of aromatic nitrogens is 1. The summed E-state index contributed by atoms with van der Waals surface area (Å²) in [6.45, 7) is 1.72. The quantitative estimate of drug-likeness (QED) is 0.633. The van der Waals surface area contributed by atoms with Gasteiger partial charge in [0.2, 0.25) is 0 Å². The Balaban J connectivity index is 1.65. The number of methoxy groups -OCH3 is 1. The van der Waals surface area contributed by atoms with Gasteiger partial charge in [0.1, 0.15) is 5.75 Å². The molecule has 6 heteroatoms. The molecule has 2 heterocycles. The topological polar surface area (TPSA) is 29.4 Å². The zero-order valence-electron chi connectivity index (χ0n) is 14.9. The molecule has 0 saturated heterocycles. The van der Waals surface area contributed by atoms with E-state index in [9.17, 15) is 0 Å². The van der Waals surface area contributed by atoms with Gasteiger partial charge in [0.15, 0.2) is 5.11 Å². The van der Waals surface area contributed by atoms with Crippen LogP contribution >= 0.6 is 23.8 Å². The number of nitrogens with zero attached hydrogens (tertiary/aromatic N) is 2. The van der Waals surface area contributed by atoms with E-state index in [1.807, 2.05) is 36.4 Å². The summed E-state index contributed by atoms with van der Waals surface area (Å²) in [5, 5.41) is 4.78. The second-order valence-corrected chi connectivity index (χ2v) is 7.26. The first-order valence-electron chi connectivity index (χ1n) is 8.78. The second kappa shape index (κ2) is 7.62. The van der Waals surface area contributed by atoms with Crippen molar-refractivity contribution in [1.29, 1.82) is 0 Å². The molecule has 0 amide bonds. The maximum Gasteiger partial charge on any atom is 0.174 e. The zero-order chi connectivity index (χ0) is 18.8. The summed E-state index contributed by atoms with van der Waals surface area (Å²) in [6.07, 6.45) is 2.12. The van der Waals surface area contributed by atoms with Gasteiger partial charge in [-0.3, -0.25) is 0 Å². The Kier molecular flexibility index (Phi) is 5.05. The third kappa shape index (κ3) is 3.66. The third-order valence-electron chi connectivity index (χ3n) is 4.81. The van der Waals surface area contributed by atoms with Crippen molar-refractivity contribution in [2.45, 2.75) is 12.6 Å². The molecule has 3 aromatic rings. The van der Waals surface area contributed by atoms with Crippen LogP contribution in [0.3, 0.4) is 0 Å². The predicted octanol–water partition coefficient (Wildman–Crippen LogP) is 4.95. The van der Waals surface area contributed by atoms with E-state index in [2.05, 4.69) is 45.2 Å². The fraction of sp³-hybridized carbons (Fsp3) is 0.190. The van der Waals surface area contributed by atoms with Crippen LogP contribution in [0.5, 0.6) is 5.75 Å². The highest BCUT2D eigenvalue weighted by Crippen LogP contribution is 2.33. The minimum Gasteiger partial charge on any atom is -0.497 e. The van der Waals surface area contributed by atoms with E-state index in [4.69, 9.17) is 28.6 Å². The van der Waals surface area contributed by atoms with Gasteiger partial charge in [0.05, 0.1) is 13.2 Å². The van der Waals surface area contributed by atoms with Crippen LogP contribution < -0.4 is 10.1 Å². The SMILES string of the molecule is COc1cccc(NC(=S)N2CCn3cccc3[C@@H]2c2ccc(Cl)cc2)c1. The molecule has 1 aliphatic rings. The van der Waals surface area contributed by atoms with Gasteiger partial charge in [-0.1, -0.05) is 29.8 Å². The first kappa shape index (κ1) is 17.9. The van der Waals surface area contributed by atoms with Crippen LogP contribution in [-0.2, 0) is 6.54 Å². The average Bonchev–Trinajstić information content (AvgIpc) is 3.17. The van der Waals surface area contributed by atoms with E-state index in [0.717, 1.165) is 35.1 Å². The van der Waals surface area contributed by atoms with Crippen molar-refractivity contribution in [3.05, 3.63) is 83.1 Å². The second-order valence-electron chi connectivity index (χ2n) is 6.44. The summed E-state index contributed by atoms with van der Waals surface area (Å²) in [5.74, 6) is 0.796. The molecule has 0 bridgehead atoms. The van der Waals surface area contributed by atoms with Crippen molar-refractivity contribution < 1.29 is 4.74 Å².